The van der Waals surface area contributed by atoms with Crippen LogP contribution in [0.2, 0.25) is 0 Å². The third-order valence-electron chi connectivity index (χ3n) is 3.53. The van der Waals surface area contributed by atoms with Crippen molar-refractivity contribution < 1.29 is 0 Å². The fourth-order valence-corrected chi connectivity index (χ4v) is 2.43. The molecule has 4 heteroatoms. The van der Waals surface area contributed by atoms with Gasteiger partial charge in [-0.1, -0.05) is 0 Å². The lowest BCUT2D eigenvalue weighted by atomic mass is 9.81. The molecule has 4 nitrogen and oxygen atoms in total. The lowest BCUT2D eigenvalue weighted by Gasteiger charge is -2.26. The predicted molar refractivity (Wildman–Crippen MR) is 59.8 cm³/mol. The van der Waals surface area contributed by atoms with Gasteiger partial charge in [-0.15, -0.1) is 0 Å². The summed E-state index contributed by atoms with van der Waals surface area (Å²) in [5.74, 6) is 1.22. The number of nitrogens with two attached hydrogens (primary N) is 1. The molecule has 0 amide bonds. The number of hydrogen-bond acceptors (Lipinski definition) is 2. The van der Waals surface area contributed by atoms with Crippen LogP contribution in [-0.2, 0) is 7.05 Å². The highest BCUT2D eigenvalue weighted by atomic mass is 16.1. The Bertz CT molecular complexity index is 371. The van der Waals surface area contributed by atoms with Crippen LogP contribution in [0.25, 0.3) is 0 Å². The monoisotopic (exact) mass is 209 g/mol. The summed E-state index contributed by atoms with van der Waals surface area (Å²) in [4.78, 5) is 11.3. The molecule has 0 spiro atoms. The Morgan fingerprint density at radius 2 is 2.13 bits per heavy atom. The highest BCUT2D eigenvalue weighted by Crippen LogP contribution is 2.33. The Hall–Kier alpha value is -1.03. The van der Waals surface area contributed by atoms with E-state index >= 15 is 0 Å². The van der Waals surface area contributed by atoms with Gasteiger partial charge in [0.05, 0.1) is 0 Å². The highest BCUT2D eigenvalue weighted by Gasteiger charge is 2.22. The Labute approximate surface area is 89.5 Å². The molecule has 3 N–H and O–H groups in total. The summed E-state index contributed by atoms with van der Waals surface area (Å²) in [6.07, 6.45) is 4.69. The minimum absolute atomic E-state index is 0.0611. The van der Waals surface area contributed by atoms with Crippen molar-refractivity contribution in [2.45, 2.75) is 31.6 Å². The van der Waals surface area contributed by atoms with E-state index in [0.29, 0.717) is 11.8 Å². The standard InChI is InChI=1S/C11H19N3O/c1-14-11(15)6-10(13-14)9-4-2-8(7-12)3-5-9/h6,8-9,13H,2-5,7,12H2,1H3. The number of aromatic amines is 1. The van der Waals surface area contributed by atoms with E-state index in [9.17, 15) is 4.79 Å². The molecule has 1 fully saturated rings. The van der Waals surface area contributed by atoms with Crippen LogP contribution in [0.1, 0.15) is 37.3 Å². The van der Waals surface area contributed by atoms with E-state index in [2.05, 4.69) is 5.10 Å². The zero-order valence-electron chi connectivity index (χ0n) is 9.20. The second kappa shape index (κ2) is 4.23. The molecular formula is C11H19N3O. The Morgan fingerprint density at radius 1 is 1.47 bits per heavy atom. The van der Waals surface area contributed by atoms with E-state index in [4.69, 9.17) is 5.73 Å². The first-order valence-electron chi connectivity index (χ1n) is 5.66. The van der Waals surface area contributed by atoms with Crippen molar-refractivity contribution in [1.82, 2.24) is 9.78 Å². The first-order chi connectivity index (χ1) is 7.20. The molecule has 84 valence electrons. The average molecular weight is 209 g/mol. The van der Waals surface area contributed by atoms with Crippen molar-refractivity contribution in [2.75, 3.05) is 6.54 Å². The molecule has 1 aromatic rings. The highest BCUT2D eigenvalue weighted by molar-refractivity contribution is 5.07. The van der Waals surface area contributed by atoms with Gasteiger partial charge in [0, 0.05) is 24.7 Å². The summed E-state index contributed by atoms with van der Waals surface area (Å²) in [7, 11) is 1.76. The predicted octanol–water partition coefficient (Wildman–Crippen LogP) is 0.946. The maximum Gasteiger partial charge on any atom is 0.266 e. The van der Waals surface area contributed by atoms with E-state index in [1.807, 2.05) is 0 Å². The number of aromatic nitrogens is 2. The van der Waals surface area contributed by atoms with Crippen LogP contribution in [0.4, 0.5) is 0 Å². The topological polar surface area (TPSA) is 63.8 Å². The zero-order valence-corrected chi connectivity index (χ0v) is 9.20. The van der Waals surface area contributed by atoms with E-state index in [1.54, 1.807) is 17.8 Å². The van der Waals surface area contributed by atoms with Crippen LogP contribution in [-0.4, -0.2) is 16.3 Å². The van der Waals surface area contributed by atoms with E-state index in [-0.39, 0.29) is 5.56 Å². The van der Waals surface area contributed by atoms with Crippen LogP contribution >= 0.6 is 0 Å². The molecule has 0 aliphatic heterocycles. The number of rotatable bonds is 2. The summed E-state index contributed by atoms with van der Waals surface area (Å²) in [5, 5.41) is 3.12. The molecule has 15 heavy (non-hydrogen) atoms. The van der Waals surface area contributed by atoms with Gasteiger partial charge >= 0.3 is 0 Å². The lowest BCUT2D eigenvalue weighted by Crippen LogP contribution is -2.20. The minimum Gasteiger partial charge on any atom is -0.330 e. The summed E-state index contributed by atoms with van der Waals surface area (Å²) < 4.78 is 1.55. The SMILES string of the molecule is Cn1[nH]c(C2CCC(CN)CC2)cc1=O. The minimum atomic E-state index is 0.0611. The molecule has 1 heterocycles. The number of aryl methyl sites for hydroxylation is 1. The molecule has 1 aliphatic rings. The molecule has 0 atom stereocenters. The molecule has 1 aliphatic carbocycles. The summed E-state index contributed by atoms with van der Waals surface area (Å²) in [6, 6.07) is 1.73. The number of H-pyrrole nitrogens is 1. The van der Waals surface area contributed by atoms with E-state index < -0.39 is 0 Å². The molecular weight excluding hydrogens is 190 g/mol. The summed E-state index contributed by atoms with van der Waals surface area (Å²) in [6.45, 7) is 0.804. The van der Waals surface area contributed by atoms with Crippen LogP contribution in [0.5, 0.6) is 0 Å². The van der Waals surface area contributed by atoms with Gasteiger partial charge in [0.1, 0.15) is 0 Å². The number of hydrogen-bond donors (Lipinski definition) is 2. The fraction of sp³-hybridized carbons (Fsp3) is 0.727. The molecule has 0 saturated heterocycles. The van der Waals surface area contributed by atoms with Crippen molar-refractivity contribution >= 4 is 0 Å². The fourth-order valence-electron chi connectivity index (χ4n) is 2.43. The number of nitrogens with zero attached hydrogens (tertiary/aromatic N) is 1. The van der Waals surface area contributed by atoms with Gasteiger partial charge in [-0.05, 0) is 38.1 Å². The third kappa shape index (κ3) is 2.15. The molecule has 0 unspecified atom stereocenters. The van der Waals surface area contributed by atoms with Crippen LogP contribution in [0.15, 0.2) is 10.9 Å². The largest absolute Gasteiger partial charge is 0.330 e. The quantitative estimate of drug-likeness (QED) is 0.761. The van der Waals surface area contributed by atoms with Crippen molar-refractivity contribution in [1.29, 1.82) is 0 Å². The van der Waals surface area contributed by atoms with Crippen molar-refractivity contribution in [3.8, 4) is 0 Å². The van der Waals surface area contributed by atoms with Crippen LogP contribution in [0.3, 0.4) is 0 Å². The van der Waals surface area contributed by atoms with Crippen molar-refractivity contribution in [2.24, 2.45) is 18.7 Å². The van der Waals surface area contributed by atoms with Gasteiger partial charge in [-0.25, -0.2) is 0 Å². The first kappa shape index (κ1) is 10.5. The van der Waals surface area contributed by atoms with Crippen molar-refractivity contribution in [3.63, 3.8) is 0 Å². The number of nitrogens with one attached hydrogen (secondary N) is 1. The van der Waals surface area contributed by atoms with Gasteiger partial charge in [-0.2, -0.15) is 0 Å². The van der Waals surface area contributed by atoms with Crippen LogP contribution < -0.4 is 11.3 Å². The second-order valence-electron chi connectivity index (χ2n) is 4.56. The zero-order chi connectivity index (χ0) is 10.8. The van der Waals surface area contributed by atoms with Gasteiger partial charge in [0.2, 0.25) is 0 Å². The second-order valence-corrected chi connectivity index (χ2v) is 4.56. The smallest absolute Gasteiger partial charge is 0.266 e. The molecule has 1 saturated carbocycles. The average Bonchev–Trinajstić information content (AvgIpc) is 2.59. The maximum absolute atomic E-state index is 11.3. The van der Waals surface area contributed by atoms with E-state index in [1.165, 1.54) is 12.8 Å². The van der Waals surface area contributed by atoms with Crippen molar-refractivity contribution in [3.05, 3.63) is 22.1 Å². The van der Waals surface area contributed by atoms with Gasteiger partial charge in [-0.3, -0.25) is 14.6 Å². The van der Waals surface area contributed by atoms with Crippen LogP contribution in [0, 0.1) is 5.92 Å². The molecule has 1 aromatic heterocycles. The molecule has 2 rings (SSSR count). The Kier molecular flexibility index (Phi) is 2.95. The van der Waals surface area contributed by atoms with Gasteiger partial charge < -0.3 is 5.73 Å². The van der Waals surface area contributed by atoms with Gasteiger partial charge in [0.15, 0.2) is 0 Å². The summed E-state index contributed by atoms with van der Waals surface area (Å²) in [5.41, 5.74) is 6.81. The first-order valence-corrected chi connectivity index (χ1v) is 5.66. The Morgan fingerprint density at radius 3 is 2.60 bits per heavy atom. The normalized spacial score (nSPS) is 26.8. The Balaban J connectivity index is 2.04. The van der Waals surface area contributed by atoms with E-state index in [0.717, 1.165) is 25.1 Å². The maximum atomic E-state index is 11.3. The third-order valence-corrected chi connectivity index (χ3v) is 3.53. The van der Waals surface area contributed by atoms with Gasteiger partial charge in [0.25, 0.3) is 5.56 Å². The molecule has 0 bridgehead atoms. The molecule has 0 aromatic carbocycles. The molecule has 0 radical (unpaired) electrons. The summed E-state index contributed by atoms with van der Waals surface area (Å²) >= 11 is 0. The lowest BCUT2D eigenvalue weighted by molar-refractivity contribution is 0.328.